The van der Waals surface area contributed by atoms with E-state index < -0.39 is 28.4 Å². The van der Waals surface area contributed by atoms with E-state index in [1.54, 1.807) is 25.7 Å². The zero-order valence-electron chi connectivity index (χ0n) is 14.0. The summed E-state index contributed by atoms with van der Waals surface area (Å²) in [5, 5.41) is 10.6. The van der Waals surface area contributed by atoms with E-state index >= 15 is 0 Å². The highest BCUT2D eigenvalue weighted by Crippen LogP contribution is 2.18. The van der Waals surface area contributed by atoms with Crippen molar-refractivity contribution in [3.8, 4) is 0 Å². The standard InChI is InChI=1S/C15H21N3O6/c1-15(2,3)24-14(20)17-8-4-7-16(9-10-17)13(19)11-5-6-12(23-11)18(21)22/h5-6H,4,7-10H2,1-3H3. The minimum atomic E-state index is -0.691. The molecular weight excluding hydrogens is 318 g/mol. The van der Waals surface area contributed by atoms with E-state index in [-0.39, 0.29) is 5.76 Å². The number of amides is 2. The van der Waals surface area contributed by atoms with Gasteiger partial charge in [0.25, 0.3) is 5.91 Å². The normalized spacial score (nSPS) is 15.8. The van der Waals surface area contributed by atoms with Gasteiger partial charge in [-0.25, -0.2) is 4.79 Å². The molecule has 1 aromatic heterocycles. The molecule has 24 heavy (non-hydrogen) atoms. The molecule has 9 heteroatoms. The van der Waals surface area contributed by atoms with Crippen LogP contribution in [0.15, 0.2) is 16.5 Å². The van der Waals surface area contributed by atoms with Gasteiger partial charge in [0.15, 0.2) is 5.76 Å². The van der Waals surface area contributed by atoms with Gasteiger partial charge in [-0.05, 0) is 33.3 Å². The largest absolute Gasteiger partial charge is 0.444 e. The van der Waals surface area contributed by atoms with Crippen molar-refractivity contribution >= 4 is 17.9 Å². The third-order valence-electron chi connectivity index (χ3n) is 3.42. The summed E-state index contributed by atoms with van der Waals surface area (Å²) in [5.41, 5.74) is -0.577. The van der Waals surface area contributed by atoms with Crippen LogP contribution >= 0.6 is 0 Å². The summed E-state index contributed by atoms with van der Waals surface area (Å²) in [5.74, 6) is -0.967. The predicted octanol–water partition coefficient (Wildman–Crippen LogP) is 2.27. The summed E-state index contributed by atoms with van der Waals surface area (Å²) in [7, 11) is 0. The van der Waals surface area contributed by atoms with Gasteiger partial charge < -0.3 is 19.0 Å². The molecule has 0 aliphatic carbocycles. The molecule has 1 aliphatic rings. The molecule has 1 fully saturated rings. The highest BCUT2D eigenvalue weighted by atomic mass is 16.6. The van der Waals surface area contributed by atoms with E-state index in [1.165, 1.54) is 11.0 Å². The van der Waals surface area contributed by atoms with Crippen LogP contribution in [-0.4, -0.2) is 58.5 Å². The number of rotatable bonds is 2. The average molecular weight is 339 g/mol. The van der Waals surface area contributed by atoms with Crippen molar-refractivity contribution < 1.29 is 23.7 Å². The van der Waals surface area contributed by atoms with Crippen molar-refractivity contribution in [2.24, 2.45) is 0 Å². The lowest BCUT2D eigenvalue weighted by atomic mass is 10.2. The van der Waals surface area contributed by atoms with Gasteiger partial charge in [0, 0.05) is 26.2 Å². The Morgan fingerprint density at radius 3 is 2.38 bits per heavy atom. The Bertz CT molecular complexity index is 633. The van der Waals surface area contributed by atoms with Crippen molar-refractivity contribution in [1.82, 2.24) is 9.80 Å². The summed E-state index contributed by atoms with van der Waals surface area (Å²) in [6.07, 6.45) is 0.179. The maximum Gasteiger partial charge on any atom is 0.433 e. The Kier molecular flexibility index (Phi) is 5.10. The number of nitrogens with zero attached hydrogens (tertiary/aromatic N) is 3. The third-order valence-corrected chi connectivity index (χ3v) is 3.42. The van der Waals surface area contributed by atoms with E-state index in [4.69, 9.17) is 9.15 Å². The molecule has 1 aromatic rings. The van der Waals surface area contributed by atoms with Gasteiger partial charge >= 0.3 is 12.0 Å². The predicted molar refractivity (Wildman–Crippen MR) is 83.7 cm³/mol. The molecule has 0 spiro atoms. The molecule has 9 nitrogen and oxygen atoms in total. The smallest absolute Gasteiger partial charge is 0.433 e. The van der Waals surface area contributed by atoms with Crippen LogP contribution in [0.5, 0.6) is 0 Å². The molecule has 0 unspecified atom stereocenters. The molecule has 0 saturated carbocycles. The first-order chi connectivity index (χ1) is 11.2. The van der Waals surface area contributed by atoms with E-state index in [9.17, 15) is 19.7 Å². The molecule has 0 atom stereocenters. The van der Waals surface area contributed by atoms with Gasteiger partial charge in [-0.3, -0.25) is 14.9 Å². The summed E-state index contributed by atoms with van der Waals surface area (Å²) < 4.78 is 10.3. The van der Waals surface area contributed by atoms with Crippen molar-refractivity contribution in [3.63, 3.8) is 0 Å². The molecule has 0 aromatic carbocycles. The lowest BCUT2D eigenvalue weighted by Crippen LogP contribution is -2.40. The quantitative estimate of drug-likeness (QED) is 0.604. The van der Waals surface area contributed by atoms with Crippen molar-refractivity contribution in [2.45, 2.75) is 32.8 Å². The van der Waals surface area contributed by atoms with Gasteiger partial charge in [-0.15, -0.1) is 0 Å². The fourth-order valence-electron chi connectivity index (χ4n) is 2.33. The Hall–Kier alpha value is -2.58. The number of nitro groups is 1. The lowest BCUT2D eigenvalue weighted by molar-refractivity contribution is -0.402. The van der Waals surface area contributed by atoms with Crippen LogP contribution < -0.4 is 0 Å². The molecule has 2 amide bonds. The highest BCUT2D eigenvalue weighted by molar-refractivity contribution is 5.91. The van der Waals surface area contributed by atoms with Gasteiger partial charge in [0.1, 0.15) is 10.5 Å². The van der Waals surface area contributed by atoms with E-state index in [0.29, 0.717) is 32.6 Å². The third kappa shape index (κ3) is 4.46. The number of carbonyl (C=O) groups is 2. The maximum atomic E-state index is 12.4. The van der Waals surface area contributed by atoms with Crippen molar-refractivity contribution in [2.75, 3.05) is 26.2 Å². The monoisotopic (exact) mass is 339 g/mol. The van der Waals surface area contributed by atoms with Crippen LogP contribution in [0.3, 0.4) is 0 Å². The van der Waals surface area contributed by atoms with Gasteiger partial charge in [0.05, 0.1) is 6.07 Å². The molecule has 0 bridgehead atoms. The van der Waals surface area contributed by atoms with Crippen molar-refractivity contribution in [3.05, 3.63) is 28.0 Å². The van der Waals surface area contributed by atoms with Gasteiger partial charge in [0.2, 0.25) is 0 Å². The lowest BCUT2D eigenvalue weighted by Gasteiger charge is -2.26. The summed E-state index contributed by atoms with van der Waals surface area (Å²) in [6, 6.07) is 2.44. The minimum absolute atomic E-state index is 0.0765. The maximum absolute atomic E-state index is 12.4. The fourth-order valence-corrected chi connectivity index (χ4v) is 2.33. The zero-order chi connectivity index (χ0) is 17.9. The highest BCUT2D eigenvalue weighted by Gasteiger charge is 2.28. The van der Waals surface area contributed by atoms with Crippen LogP contribution in [0.2, 0.25) is 0 Å². The van der Waals surface area contributed by atoms with Crippen LogP contribution in [0.4, 0.5) is 10.7 Å². The second kappa shape index (κ2) is 6.90. The fraction of sp³-hybridized carbons (Fsp3) is 0.600. The number of furan rings is 1. The topological polar surface area (TPSA) is 106 Å². The number of carbonyl (C=O) groups excluding carboxylic acids is 2. The molecule has 2 heterocycles. The summed E-state index contributed by atoms with van der Waals surface area (Å²) in [6.45, 7) is 6.95. The first-order valence-electron chi connectivity index (χ1n) is 7.69. The van der Waals surface area contributed by atoms with E-state index in [1.807, 2.05) is 0 Å². The Balaban J connectivity index is 1.98. The molecular formula is C15H21N3O6. The van der Waals surface area contributed by atoms with Crippen LogP contribution in [0.25, 0.3) is 0 Å². The second-order valence-electron chi connectivity index (χ2n) is 6.51. The molecule has 1 saturated heterocycles. The van der Waals surface area contributed by atoms with E-state index in [0.717, 1.165) is 6.07 Å². The second-order valence-corrected chi connectivity index (χ2v) is 6.51. The van der Waals surface area contributed by atoms with Gasteiger partial charge in [-0.1, -0.05) is 0 Å². The van der Waals surface area contributed by atoms with Crippen LogP contribution in [0, 0.1) is 10.1 Å². The van der Waals surface area contributed by atoms with E-state index in [2.05, 4.69) is 0 Å². The Morgan fingerprint density at radius 2 is 1.79 bits per heavy atom. The first kappa shape index (κ1) is 17.8. The number of hydrogen-bond donors (Lipinski definition) is 0. The number of ether oxygens (including phenoxy) is 1. The molecule has 0 N–H and O–H groups in total. The SMILES string of the molecule is CC(C)(C)OC(=O)N1CCCN(C(=O)c2ccc([N+](=O)[O-])o2)CC1. The zero-order valence-corrected chi connectivity index (χ0v) is 14.0. The van der Waals surface area contributed by atoms with Crippen LogP contribution in [-0.2, 0) is 4.74 Å². The number of hydrogen-bond acceptors (Lipinski definition) is 6. The molecule has 0 radical (unpaired) electrons. The Morgan fingerprint density at radius 1 is 1.17 bits per heavy atom. The van der Waals surface area contributed by atoms with Crippen molar-refractivity contribution in [1.29, 1.82) is 0 Å². The Labute approximate surface area is 139 Å². The summed E-state index contributed by atoms with van der Waals surface area (Å²) in [4.78, 5) is 37.5. The molecule has 2 rings (SSSR count). The molecule has 132 valence electrons. The first-order valence-corrected chi connectivity index (χ1v) is 7.69. The minimum Gasteiger partial charge on any atom is -0.444 e. The van der Waals surface area contributed by atoms with Crippen LogP contribution in [0.1, 0.15) is 37.7 Å². The average Bonchev–Trinajstić information content (AvgIpc) is 2.83. The molecule has 1 aliphatic heterocycles. The summed E-state index contributed by atoms with van der Waals surface area (Å²) >= 11 is 0. The van der Waals surface area contributed by atoms with Gasteiger partial charge in [-0.2, -0.15) is 0 Å².